The SMILES string of the molecule is Cc1nc([C@H]2CCCOC2)sc1C(=O)O. The molecule has 0 amide bonds. The molecule has 0 spiro atoms. The zero-order valence-corrected chi connectivity index (χ0v) is 9.34. The number of hydrogen-bond donors (Lipinski definition) is 1. The van der Waals surface area contributed by atoms with E-state index in [1.54, 1.807) is 6.92 Å². The van der Waals surface area contributed by atoms with Crippen molar-refractivity contribution < 1.29 is 14.6 Å². The minimum atomic E-state index is -0.882. The van der Waals surface area contributed by atoms with E-state index in [0.29, 0.717) is 17.2 Å². The van der Waals surface area contributed by atoms with E-state index in [9.17, 15) is 4.79 Å². The molecule has 2 heterocycles. The maximum atomic E-state index is 10.9. The molecular weight excluding hydrogens is 214 g/mol. The van der Waals surface area contributed by atoms with Gasteiger partial charge in [0.15, 0.2) is 0 Å². The summed E-state index contributed by atoms with van der Waals surface area (Å²) < 4.78 is 5.37. The summed E-state index contributed by atoms with van der Waals surface area (Å²) in [6, 6.07) is 0. The van der Waals surface area contributed by atoms with Gasteiger partial charge in [0, 0.05) is 12.5 Å². The summed E-state index contributed by atoms with van der Waals surface area (Å²) >= 11 is 1.28. The molecule has 82 valence electrons. The van der Waals surface area contributed by atoms with E-state index < -0.39 is 5.97 Å². The molecule has 1 N–H and O–H groups in total. The third-order valence-electron chi connectivity index (χ3n) is 2.52. The van der Waals surface area contributed by atoms with Crippen molar-refractivity contribution in [2.45, 2.75) is 25.7 Å². The van der Waals surface area contributed by atoms with E-state index >= 15 is 0 Å². The van der Waals surface area contributed by atoms with Gasteiger partial charge in [-0.05, 0) is 19.8 Å². The second kappa shape index (κ2) is 4.28. The summed E-state index contributed by atoms with van der Waals surface area (Å²) in [4.78, 5) is 15.5. The Kier molecular flexibility index (Phi) is 3.02. The molecule has 4 nitrogen and oxygen atoms in total. The van der Waals surface area contributed by atoms with E-state index in [1.165, 1.54) is 11.3 Å². The molecule has 1 aliphatic heterocycles. The molecule has 0 saturated carbocycles. The number of carboxylic acids is 1. The number of thiazole rings is 1. The molecule has 0 aromatic carbocycles. The van der Waals surface area contributed by atoms with E-state index in [1.807, 2.05) is 0 Å². The first-order valence-electron chi connectivity index (χ1n) is 4.97. The monoisotopic (exact) mass is 227 g/mol. The highest BCUT2D eigenvalue weighted by Gasteiger charge is 2.22. The topological polar surface area (TPSA) is 59.4 Å². The van der Waals surface area contributed by atoms with Crippen LogP contribution in [0, 0.1) is 6.92 Å². The summed E-state index contributed by atoms with van der Waals surface area (Å²) in [7, 11) is 0. The third kappa shape index (κ3) is 2.18. The molecule has 2 rings (SSSR count). The van der Waals surface area contributed by atoms with Crippen LogP contribution >= 0.6 is 11.3 Å². The number of hydrogen-bond acceptors (Lipinski definition) is 4. The van der Waals surface area contributed by atoms with Crippen molar-refractivity contribution in [3.05, 3.63) is 15.6 Å². The van der Waals surface area contributed by atoms with Gasteiger partial charge < -0.3 is 9.84 Å². The third-order valence-corrected chi connectivity index (χ3v) is 3.82. The van der Waals surface area contributed by atoms with Gasteiger partial charge in [-0.3, -0.25) is 0 Å². The van der Waals surface area contributed by atoms with Crippen molar-refractivity contribution in [3.63, 3.8) is 0 Å². The molecule has 0 bridgehead atoms. The largest absolute Gasteiger partial charge is 0.477 e. The van der Waals surface area contributed by atoms with Crippen molar-refractivity contribution in [3.8, 4) is 0 Å². The van der Waals surface area contributed by atoms with Crippen LogP contribution in [-0.2, 0) is 4.74 Å². The van der Waals surface area contributed by atoms with Gasteiger partial charge in [-0.2, -0.15) is 0 Å². The molecule has 1 aromatic rings. The lowest BCUT2D eigenvalue weighted by atomic mass is 10.0. The fourth-order valence-corrected chi connectivity index (χ4v) is 2.75. The number of nitrogens with zero attached hydrogens (tertiary/aromatic N) is 1. The predicted octanol–water partition coefficient (Wildman–Crippen LogP) is 2.04. The van der Waals surface area contributed by atoms with Crippen molar-refractivity contribution in [2.24, 2.45) is 0 Å². The summed E-state index contributed by atoms with van der Waals surface area (Å²) in [5, 5.41) is 9.82. The molecule has 1 saturated heterocycles. The number of carboxylic acid groups (broad SMARTS) is 1. The number of aromatic nitrogens is 1. The molecule has 0 unspecified atom stereocenters. The number of aromatic carboxylic acids is 1. The molecule has 0 aliphatic carbocycles. The van der Waals surface area contributed by atoms with Gasteiger partial charge in [-0.15, -0.1) is 11.3 Å². The van der Waals surface area contributed by atoms with Gasteiger partial charge in [0.2, 0.25) is 0 Å². The zero-order chi connectivity index (χ0) is 10.8. The molecule has 1 atom stereocenters. The average Bonchev–Trinajstić information content (AvgIpc) is 2.62. The van der Waals surface area contributed by atoms with Crippen molar-refractivity contribution in [1.29, 1.82) is 0 Å². The average molecular weight is 227 g/mol. The van der Waals surface area contributed by atoms with Crippen molar-refractivity contribution in [1.82, 2.24) is 4.98 Å². The lowest BCUT2D eigenvalue weighted by molar-refractivity contribution is 0.0701. The quantitative estimate of drug-likeness (QED) is 0.840. The van der Waals surface area contributed by atoms with Crippen LogP contribution in [0.1, 0.15) is 39.1 Å². The standard InChI is InChI=1S/C10H13NO3S/c1-6-8(10(12)13)15-9(11-6)7-3-2-4-14-5-7/h7H,2-5H2,1H3,(H,12,13)/t7-/m0/s1. The highest BCUT2D eigenvalue weighted by atomic mass is 32.1. The van der Waals surface area contributed by atoms with E-state index in [-0.39, 0.29) is 5.92 Å². The Hall–Kier alpha value is -0.940. The van der Waals surface area contributed by atoms with Gasteiger partial charge in [-0.25, -0.2) is 9.78 Å². The molecule has 1 fully saturated rings. The fraction of sp³-hybridized carbons (Fsp3) is 0.600. The number of carbonyl (C=O) groups is 1. The Morgan fingerprint density at radius 3 is 3.00 bits per heavy atom. The Morgan fingerprint density at radius 1 is 1.67 bits per heavy atom. The fourth-order valence-electron chi connectivity index (χ4n) is 1.73. The number of aryl methyl sites for hydroxylation is 1. The molecular formula is C10H13NO3S. The summed E-state index contributed by atoms with van der Waals surface area (Å²) in [5.74, 6) is -0.594. The van der Waals surface area contributed by atoms with Crippen LogP contribution in [-0.4, -0.2) is 29.3 Å². The first-order chi connectivity index (χ1) is 7.18. The molecule has 0 radical (unpaired) electrons. The maximum absolute atomic E-state index is 10.9. The molecule has 1 aliphatic rings. The van der Waals surface area contributed by atoms with E-state index in [2.05, 4.69) is 4.98 Å². The summed E-state index contributed by atoms with van der Waals surface area (Å²) in [5.41, 5.74) is 0.619. The summed E-state index contributed by atoms with van der Waals surface area (Å²) in [6.07, 6.45) is 2.08. The van der Waals surface area contributed by atoms with Crippen LogP contribution in [0.3, 0.4) is 0 Å². The minimum Gasteiger partial charge on any atom is -0.477 e. The lowest BCUT2D eigenvalue weighted by Gasteiger charge is -2.19. The van der Waals surface area contributed by atoms with Gasteiger partial charge in [-0.1, -0.05) is 0 Å². The number of rotatable bonds is 2. The summed E-state index contributed by atoms with van der Waals surface area (Å²) in [6.45, 7) is 3.23. The van der Waals surface area contributed by atoms with Crippen LogP contribution in [0.25, 0.3) is 0 Å². The van der Waals surface area contributed by atoms with Crippen LogP contribution in [0.5, 0.6) is 0 Å². The Morgan fingerprint density at radius 2 is 2.47 bits per heavy atom. The smallest absolute Gasteiger partial charge is 0.347 e. The second-order valence-electron chi connectivity index (χ2n) is 3.69. The van der Waals surface area contributed by atoms with Crippen LogP contribution in [0.2, 0.25) is 0 Å². The Labute approximate surface area is 91.9 Å². The minimum absolute atomic E-state index is 0.288. The van der Waals surface area contributed by atoms with Crippen molar-refractivity contribution in [2.75, 3.05) is 13.2 Å². The molecule has 5 heteroatoms. The van der Waals surface area contributed by atoms with E-state index in [4.69, 9.17) is 9.84 Å². The second-order valence-corrected chi connectivity index (χ2v) is 4.72. The van der Waals surface area contributed by atoms with Gasteiger partial charge >= 0.3 is 5.97 Å². The number of ether oxygens (including phenoxy) is 1. The normalized spacial score (nSPS) is 21.5. The maximum Gasteiger partial charge on any atom is 0.347 e. The molecule has 15 heavy (non-hydrogen) atoms. The van der Waals surface area contributed by atoms with Gasteiger partial charge in [0.05, 0.1) is 17.3 Å². The zero-order valence-electron chi connectivity index (χ0n) is 8.52. The Balaban J connectivity index is 2.21. The lowest BCUT2D eigenvalue weighted by Crippen LogP contribution is -2.15. The van der Waals surface area contributed by atoms with Gasteiger partial charge in [0.25, 0.3) is 0 Å². The van der Waals surface area contributed by atoms with Crippen LogP contribution < -0.4 is 0 Å². The predicted molar refractivity (Wildman–Crippen MR) is 56.6 cm³/mol. The van der Waals surface area contributed by atoms with E-state index in [0.717, 1.165) is 24.5 Å². The Bertz CT molecular complexity index is 369. The highest BCUT2D eigenvalue weighted by Crippen LogP contribution is 2.30. The van der Waals surface area contributed by atoms with Crippen LogP contribution in [0.4, 0.5) is 0 Å². The highest BCUT2D eigenvalue weighted by molar-refractivity contribution is 7.13. The van der Waals surface area contributed by atoms with Crippen molar-refractivity contribution >= 4 is 17.3 Å². The first kappa shape index (κ1) is 10.6. The molecule has 1 aromatic heterocycles. The van der Waals surface area contributed by atoms with Crippen LogP contribution in [0.15, 0.2) is 0 Å². The first-order valence-corrected chi connectivity index (χ1v) is 5.78. The van der Waals surface area contributed by atoms with Gasteiger partial charge in [0.1, 0.15) is 4.88 Å².